The van der Waals surface area contributed by atoms with Gasteiger partial charge in [-0.15, -0.1) is 10.2 Å². The molecule has 1 N–H and O–H groups in total. The van der Waals surface area contributed by atoms with E-state index in [0.29, 0.717) is 28.6 Å². The van der Waals surface area contributed by atoms with E-state index in [1.165, 1.54) is 0 Å². The number of halogens is 1. The van der Waals surface area contributed by atoms with E-state index in [1.807, 2.05) is 4.57 Å². The van der Waals surface area contributed by atoms with Crippen molar-refractivity contribution in [3.63, 3.8) is 0 Å². The Morgan fingerprint density at radius 3 is 3.18 bits per heavy atom. The molecule has 114 valence electrons. The molecule has 0 bridgehead atoms. The van der Waals surface area contributed by atoms with Gasteiger partial charge in [0.1, 0.15) is 5.82 Å². The number of aryl methyl sites for hydroxylation is 1. The summed E-state index contributed by atoms with van der Waals surface area (Å²) >= 11 is 6.08. The minimum absolute atomic E-state index is 0.117. The maximum Gasteiger partial charge on any atom is 0.251 e. The van der Waals surface area contributed by atoms with E-state index in [1.54, 1.807) is 12.1 Å². The summed E-state index contributed by atoms with van der Waals surface area (Å²) in [5, 5.41) is 11.4. The van der Waals surface area contributed by atoms with Crippen LogP contribution < -0.4 is 14.8 Å². The molecule has 0 atom stereocenters. The van der Waals surface area contributed by atoms with Crippen molar-refractivity contribution in [2.45, 2.75) is 25.9 Å². The first-order valence-corrected chi connectivity index (χ1v) is 7.38. The van der Waals surface area contributed by atoms with Gasteiger partial charge >= 0.3 is 0 Å². The number of ether oxygens (including phenoxy) is 2. The fourth-order valence-electron chi connectivity index (χ4n) is 2.70. The van der Waals surface area contributed by atoms with Gasteiger partial charge in [-0.25, -0.2) is 0 Å². The molecule has 0 radical (unpaired) electrons. The van der Waals surface area contributed by atoms with Gasteiger partial charge in [-0.2, -0.15) is 0 Å². The number of carbonyl (C=O) groups excluding carboxylic acids is 1. The second kappa shape index (κ2) is 5.17. The monoisotopic (exact) mass is 320 g/mol. The summed E-state index contributed by atoms with van der Waals surface area (Å²) in [6.45, 7) is 1.35. The van der Waals surface area contributed by atoms with Gasteiger partial charge in [0.25, 0.3) is 5.91 Å². The van der Waals surface area contributed by atoms with Crippen LogP contribution in [-0.4, -0.2) is 27.5 Å². The van der Waals surface area contributed by atoms with Crippen LogP contribution in [0, 0.1) is 0 Å². The summed E-state index contributed by atoms with van der Waals surface area (Å²) in [7, 11) is 0. The van der Waals surface area contributed by atoms with Gasteiger partial charge in [0.2, 0.25) is 6.79 Å². The van der Waals surface area contributed by atoms with Crippen molar-refractivity contribution in [1.82, 2.24) is 20.1 Å². The first-order chi connectivity index (χ1) is 10.7. The summed E-state index contributed by atoms with van der Waals surface area (Å²) in [5.41, 5.74) is 0.426. The van der Waals surface area contributed by atoms with Gasteiger partial charge in [-0.1, -0.05) is 11.6 Å². The third kappa shape index (κ3) is 2.18. The van der Waals surface area contributed by atoms with E-state index in [9.17, 15) is 4.79 Å². The lowest BCUT2D eigenvalue weighted by molar-refractivity contribution is 0.0949. The number of hydrogen-bond acceptors (Lipinski definition) is 5. The zero-order valence-corrected chi connectivity index (χ0v) is 12.4. The third-order valence-corrected chi connectivity index (χ3v) is 4.06. The lowest BCUT2D eigenvalue weighted by Gasteiger charge is -2.07. The molecule has 0 spiro atoms. The zero-order valence-electron chi connectivity index (χ0n) is 11.6. The Hall–Kier alpha value is -2.28. The first-order valence-electron chi connectivity index (χ1n) is 7.00. The quantitative estimate of drug-likeness (QED) is 0.928. The minimum atomic E-state index is -0.240. The van der Waals surface area contributed by atoms with Gasteiger partial charge in [0.15, 0.2) is 17.3 Å². The normalized spacial score (nSPS) is 15.0. The molecular weight excluding hydrogens is 308 g/mol. The van der Waals surface area contributed by atoms with Crippen LogP contribution in [0.5, 0.6) is 11.5 Å². The molecule has 22 heavy (non-hydrogen) atoms. The van der Waals surface area contributed by atoms with Crippen LogP contribution in [0.1, 0.15) is 28.4 Å². The standard InChI is InChI=1S/C14H13ClN4O3/c15-9-4-8(5-10-13(9)22-7-21-10)14(20)16-6-12-18-17-11-2-1-3-19(11)12/h4-5H,1-3,6-7H2,(H,16,20). The highest BCUT2D eigenvalue weighted by Gasteiger charge is 2.21. The topological polar surface area (TPSA) is 78.3 Å². The Morgan fingerprint density at radius 2 is 2.27 bits per heavy atom. The first kappa shape index (κ1) is 13.4. The molecule has 0 saturated carbocycles. The van der Waals surface area contributed by atoms with E-state index in [0.717, 1.165) is 31.0 Å². The predicted octanol–water partition coefficient (Wildman–Crippen LogP) is 1.54. The van der Waals surface area contributed by atoms with Crippen LogP contribution in [0.3, 0.4) is 0 Å². The van der Waals surface area contributed by atoms with Crippen LogP contribution in [-0.2, 0) is 19.5 Å². The maximum absolute atomic E-state index is 12.3. The Balaban J connectivity index is 1.49. The second-order valence-electron chi connectivity index (χ2n) is 5.16. The molecule has 1 aromatic heterocycles. The average molecular weight is 321 g/mol. The Bertz CT molecular complexity index is 759. The van der Waals surface area contributed by atoms with Crippen LogP contribution in [0.25, 0.3) is 0 Å². The molecule has 4 rings (SSSR count). The number of benzene rings is 1. The zero-order chi connectivity index (χ0) is 15.1. The second-order valence-corrected chi connectivity index (χ2v) is 5.57. The lowest BCUT2D eigenvalue weighted by Crippen LogP contribution is -2.24. The number of rotatable bonds is 3. The molecule has 8 heteroatoms. The Kier molecular flexibility index (Phi) is 3.15. The molecule has 1 amide bonds. The number of amides is 1. The molecule has 3 heterocycles. The van der Waals surface area contributed by atoms with Crippen molar-refractivity contribution in [2.24, 2.45) is 0 Å². The van der Waals surface area contributed by atoms with Gasteiger partial charge in [-0.3, -0.25) is 4.79 Å². The van der Waals surface area contributed by atoms with E-state index in [2.05, 4.69) is 15.5 Å². The third-order valence-electron chi connectivity index (χ3n) is 3.78. The molecule has 0 saturated heterocycles. The number of nitrogens with zero attached hydrogens (tertiary/aromatic N) is 3. The van der Waals surface area contributed by atoms with E-state index in [-0.39, 0.29) is 12.7 Å². The number of aromatic nitrogens is 3. The van der Waals surface area contributed by atoms with Gasteiger partial charge in [0, 0.05) is 18.5 Å². The number of fused-ring (bicyclic) bond motifs is 2. The number of carbonyl (C=O) groups is 1. The highest BCUT2D eigenvalue weighted by Crippen LogP contribution is 2.39. The molecule has 0 fully saturated rings. The molecule has 2 aliphatic rings. The number of hydrogen-bond donors (Lipinski definition) is 1. The summed E-state index contributed by atoms with van der Waals surface area (Å²) in [6.07, 6.45) is 2.02. The summed E-state index contributed by atoms with van der Waals surface area (Å²) < 4.78 is 12.5. The summed E-state index contributed by atoms with van der Waals surface area (Å²) in [6, 6.07) is 3.19. The fourth-order valence-corrected chi connectivity index (χ4v) is 2.97. The van der Waals surface area contributed by atoms with Crippen molar-refractivity contribution in [1.29, 1.82) is 0 Å². The lowest BCUT2D eigenvalue weighted by atomic mass is 10.2. The number of nitrogens with one attached hydrogen (secondary N) is 1. The van der Waals surface area contributed by atoms with Gasteiger partial charge in [-0.05, 0) is 18.6 Å². The molecule has 0 unspecified atom stereocenters. The average Bonchev–Trinajstić information content (AvgIpc) is 3.21. The fraction of sp³-hybridized carbons (Fsp3) is 0.357. The van der Waals surface area contributed by atoms with Crippen molar-refractivity contribution in [3.8, 4) is 11.5 Å². The summed E-state index contributed by atoms with van der Waals surface area (Å²) in [5.74, 6) is 2.48. The molecular formula is C14H13ClN4O3. The maximum atomic E-state index is 12.3. The minimum Gasteiger partial charge on any atom is -0.454 e. The van der Waals surface area contributed by atoms with Crippen LogP contribution in [0.15, 0.2) is 12.1 Å². The van der Waals surface area contributed by atoms with E-state index < -0.39 is 0 Å². The van der Waals surface area contributed by atoms with E-state index in [4.69, 9.17) is 21.1 Å². The highest BCUT2D eigenvalue weighted by atomic mass is 35.5. The van der Waals surface area contributed by atoms with Crippen LogP contribution >= 0.6 is 11.6 Å². The van der Waals surface area contributed by atoms with Gasteiger partial charge in [0.05, 0.1) is 11.6 Å². The van der Waals surface area contributed by atoms with Crippen LogP contribution in [0.2, 0.25) is 5.02 Å². The van der Waals surface area contributed by atoms with Crippen molar-refractivity contribution in [3.05, 3.63) is 34.4 Å². The largest absolute Gasteiger partial charge is 0.454 e. The molecule has 1 aromatic carbocycles. The summed E-state index contributed by atoms with van der Waals surface area (Å²) in [4.78, 5) is 12.3. The Morgan fingerprint density at radius 1 is 1.36 bits per heavy atom. The molecule has 0 aliphatic carbocycles. The van der Waals surface area contributed by atoms with Crippen LogP contribution in [0.4, 0.5) is 0 Å². The van der Waals surface area contributed by atoms with Crippen molar-refractivity contribution < 1.29 is 14.3 Å². The highest BCUT2D eigenvalue weighted by molar-refractivity contribution is 6.32. The van der Waals surface area contributed by atoms with Crippen molar-refractivity contribution >= 4 is 17.5 Å². The van der Waals surface area contributed by atoms with Gasteiger partial charge < -0.3 is 19.4 Å². The van der Waals surface area contributed by atoms with E-state index >= 15 is 0 Å². The Labute approximate surface area is 131 Å². The van der Waals surface area contributed by atoms with Crippen molar-refractivity contribution in [2.75, 3.05) is 6.79 Å². The molecule has 7 nitrogen and oxygen atoms in total. The molecule has 2 aromatic rings. The smallest absolute Gasteiger partial charge is 0.251 e. The predicted molar refractivity (Wildman–Crippen MR) is 77.1 cm³/mol. The SMILES string of the molecule is O=C(NCc1nnc2n1CCC2)c1cc(Cl)c2c(c1)OCO2. The molecule has 2 aliphatic heterocycles.